The van der Waals surface area contributed by atoms with Gasteiger partial charge < -0.3 is 13.9 Å². The van der Waals surface area contributed by atoms with E-state index < -0.39 is 11.9 Å². The quantitative estimate of drug-likeness (QED) is 0.429. The Morgan fingerprint density at radius 3 is 2.38 bits per heavy atom. The van der Waals surface area contributed by atoms with Crippen LogP contribution in [0, 0.1) is 0 Å². The number of anilines is 1. The zero-order valence-corrected chi connectivity index (χ0v) is 18.1. The molecule has 7 heteroatoms. The van der Waals surface area contributed by atoms with Crippen molar-refractivity contribution in [1.82, 2.24) is 0 Å². The molecule has 1 aliphatic rings. The summed E-state index contributed by atoms with van der Waals surface area (Å²) >= 11 is 6.13. The summed E-state index contributed by atoms with van der Waals surface area (Å²) in [5, 5.41) is 0.745. The highest BCUT2D eigenvalue weighted by Crippen LogP contribution is 2.42. The highest BCUT2D eigenvalue weighted by atomic mass is 35.5. The number of carbonyl (C=O) groups is 1. The maximum absolute atomic E-state index is 13.6. The van der Waals surface area contributed by atoms with E-state index in [1.165, 1.54) is 0 Å². The fraction of sp³-hybridized carbons (Fsp3) is 0.120. The zero-order valence-electron chi connectivity index (χ0n) is 17.3. The number of ether oxygens (including phenoxy) is 2. The number of hydrogen-bond donors (Lipinski definition) is 0. The number of fused-ring (bicyclic) bond motifs is 2. The van der Waals surface area contributed by atoms with Crippen molar-refractivity contribution in [3.05, 3.63) is 98.9 Å². The third-order valence-electron chi connectivity index (χ3n) is 5.60. The summed E-state index contributed by atoms with van der Waals surface area (Å²) in [6.45, 7) is 0. The van der Waals surface area contributed by atoms with Crippen LogP contribution in [0.2, 0.25) is 5.02 Å². The standard InChI is InChI=1S/C25H18ClNO5/c1-30-17-9-6-14(7-10-17)22-21-23(28)19-12-15(26)8-11-20(19)32-24(21)25(29)27(22)16-4-3-5-18(13-16)31-2/h3-13,22H,1-2H3. The number of halogens is 1. The molecule has 3 aromatic carbocycles. The van der Waals surface area contributed by atoms with Gasteiger partial charge in [-0.3, -0.25) is 14.5 Å². The van der Waals surface area contributed by atoms with Crippen LogP contribution >= 0.6 is 11.6 Å². The molecule has 0 fully saturated rings. The monoisotopic (exact) mass is 447 g/mol. The molecule has 6 nitrogen and oxygen atoms in total. The first-order valence-electron chi connectivity index (χ1n) is 9.89. The van der Waals surface area contributed by atoms with Crippen molar-refractivity contribution in [3.8, 4) is 11.5 Å². The minimum Gasteiger partial charge on any atom is -0.497 e. The van der Waals surface area contributed by atoms with Gasteiger partial charge in [0.05, 0.1) is 31.2 Å². The van der Waals surface area contributed by atoms with Gasteiger partial charge in [0.25, 0.3) is 5.91 Å². The third-order valence-corrected chi connectivity index (χ3v) is 5.83. The number of carbonyl (C=O) groups excluding carboxylic acids is 1. The van der Waals surface area contributed by atoms with E-state index in [9.17, 15) is 9.59 Å². The molecule has 0 radical (unpaired) electrons. The first kappa shape index (κ1) is 20.2. The van der Waals surface area contributed by atoms with Crippen molar-refractivity contribution in [1.29, 1.82) is 0 Å². The molecule has 0 bridgehead atoms. The minimum atomic E-state index is -0.685. The van der Waals surface area contributed by atoms with Crippen LogP contribution in [-0.2, 0) is 0 Å². The first-order valence-corrected chi connectivity index (χ1v) is 10.3. The Bertz CT molecular complexity index is 1410. The molecular formula is C25H18ClNO5. The van der Waals surface area contributed by atoms with Crippen molar-refractivity contribution >= 4 is 34.2 Å². The average Bonchev–Trinajstić information content (AvgIpc) is 3.12. The van der Waals surface area contributed by atoms with Gasteiger partial charge >= 0.3 is 0 Å². The molecule has 0 N–H and O–H groups in total. The Labute approximate surface area is 188 Å². The second kappa shape index (κ2) is 7.73. The van der Waals surface area contributed by atoms with Crippen LogP contribution < -0.4 is 19.8 Å². The fourth-order valence-electron chi connectivity index (χ4n) is 4.07. The zero-order chi connectivity index (χ0) is 22.4. The van der Waals surface area contributed by atoms with Gasteiger partial charge in [-0.15, -0.1) is 0 Å². The number of nitrogens with zero attached hydrogens (tertiary/aromatic N) is 1. The van der Waals surface area contributed by atoms with Crippen molar-refractivity contribution < 1.29 is 18.7 Å². The predicted octanol–water partition coefficient (Wildman–Crippen LogP) is 5.21. The van der Waals surface area contributed by atoms with E-state index in [-0.39, 0.29) is 16.8 Å². The van der Waals surface area contributed by atoms with E-state index in [4.69, 9.17) is 25.5 Å². The van der Waals surface area contributed by atoms with Gasteiger partial charge in [0.15, 0.2) is 5.43 Å². The molecule has 0 saturated heterocycles. The van der Waals surface area contributed by atoms with Gasteiger partial charge in [0.1, 0.15) is 17.1 Å². The van der Waals surface area contributed by atoms with Crippen molar-refractivity contribution in [2.75, 3.05) is 19.1 Å². The summed E-state index contributed by atoms with van der Waals surface area (Å²) in [5.74, 6) is 0.885. The van der Waals surface area contributed by atoms with E-state index in [1.807, 2.05) is 12.1 Å². The van der Waals surface area contributed by atoms with Gasteiger partial charge in [-0.2, -0.15) is 0 Å². The summed E-state index contributed by atoms with van der Waals surface area (Å²) in [7, 11) is 3.14. The van der Waals surface area contributed by atoms with Crippen LogP contribution in [0.1, 0.15) is 27.7 Å². The highest BCUT2D eigenvalue weighted by Gasteiger charge is 2.43. The van der Waals surface area contributed by atoms with Crippen LogP contribution in [0.5, 0.6) is 11.5 Å². The third kappa shape index (κ3) is 3.11. The van der Waals surface area contributed by atoms with E-state index >= 15 is 0 Å². The van der Waals surface area contributed by atoms with Gasteiger partial charge in [-0.05, 0) is 48.0 Å². The van der Waals surface area contributed by atoms with Crippen molar-refractivity contribution in [2.24, 2.45) is 0 Å². The molecule has 160 valence electrons. The maximum atomic E-state index is 13.6. The van der Waals surface area contributed by atoms with Gasteiger partial charge in [0.2, 0.25) is 5.76 Å². The van der Waals surface area contributed by atoms with E-state index in [0.717, 1.165) is 5.56 Å². The molecule has 5 rings (SSSR count). The van der Waals surface area contributed by atoms with Crippen LogP contribution in [-0.4, -0.2) is 20.1 Å². The normalized spacial score (nSPS) is 15.2. The van der Waals surface area contributed by atoms with Crippen LogP contribution in [0.3, 0.4) is 0 Å². The van der Waals surface area contributed by atoms with Crippen LogP contribution in [0.15, 0.2) is 75.9 Å². The summed E-state index contributed by atoms with van der Waals surface area (Å²) in [5.41, 5.74) is 1.63. The molecule has 0 spiro atoms. The fourth-order valence-corrected chi connectivity index (χ4v) is 4.25. The SMILES string of the molecule is COc1ccc(C2c3c(oc4ccc(Cl)cc4c3=O)C(=O)N2c2cccc(OC)c2)cc1. The Morgan fingerprint density at radius 1 is 0.906 bits per heavy atom. The number of methoxy groups -OCH3 is 2. The number of hydrogen-bond acceptors (Lipinski definition) is 5. The molecule has 2 heterocycles. The van der Waals surface area contributed by atoms with E-state index in [2.05, 4.69) is 0 Å². The number of rotatable bonds is 4. The van der Waals surface area contributed by atoms with Gasteiger partial charge in [0, 0.05) is 16.8 Å². The highest BCUT2D eigenvalue weighted by molar-refractivity contribution is 6.31. The second-order valence-electron chi connectivity index (χ2n) is 7.37. The Morgan fingerprint density at radius 2 is 1.66 bits per heavy atom. The molecular weight excluding hydrogens is 430 g/mol. The van der Waals surface area contributed by atoms with E-state index in [1.54, 1.807) is 73.7 Å². The number of benzene rings is 3. The topological polar surface area (TPSA) is 69.0 Å². The Balaban J connectivity index is 1.79. The summed E-state index contributed by atoms with van der Waals surface area (Å²) < 4.78 is 16.6. The Hall–Kier alpha value is -3.77. The smallest absolute Gasteiger partial charge is 0.295 e. The lowest BCUT2D eigenvalue weighted by molar-refractivity contribution is 0.0971. The second-order valence-corrected chi connectivity index (χ2v) is 7.80. The van der Waals surface area contributed by atoms with Crippen LogP contribution in [0.4, 0.5) is 5.69 Å². The van der Waals surface area contributed by atoms with Crippen molar-refractivity contribution in [2.45, 2.75) is 6.04 Å². The number of amides is 1. The summed E-state index contributed by atoms with van der Waals surface area (Å²) in [4.78, 5) is 28.7. The molecule has 0 aliphatic carbocycles. The van der Waals surface area contributed by atoms with Gasteiger partial charge in [-0.1, -0.05) is 29.8 Å². The van der Waals surface area contributed by atoms with Gasteiger partial charge in [-0.25, -0.2) is 0 Å². The molecule has 1 atom stereocenters. The maximum Gasteiger partial charge on any atom is 0.295 e. The molecule has 32 heavy (non-hydrogen) atoms. The first-order chi connectivity index (χ1) is 15.5. The average molecular weight is 448 g/mol. The molecule has 1 amide bonds. The van der Waals surface area contributed by atoms with E-state index in [0.29, 0.717) is 33.2 Å². The Kier molecular flexibility index (Phi) is 4.87. The minimum absolute atomic E-state index is 0.0217. The summed E-state index contributed by atoms with van der Waals surface area (Å²) in [6, 6.07) is 18.5. The largest absolute Gasteiger partial charge is 0.497 e. The summed E-state index contributed by atoms with van der Waals surface area (Å²) in [6.07, 6.45) is 0. The molecule has 1 aromatic heterocycles. The lowest BCUT2D eigenvalue weighted by Gasteiger charge is -2.25. The molecule has 1 aliphatic heterocycles. The van der Waals surface area contributed by atoms with Crippen molar-refractivity contribution in [3.63, 3.8) is 0 Å². The van der Waals surface area contributed by atoms with Crippen LogP contribution in [0.25, 0.3) is 11.0 Å². The lowest BCUT2D eigenvalue weighted by atomic mass is 9.98. The predicted molar refractivity (Wildman–Crippen MR) is 122 cm³/mol. The molecule has 4 aromatic rings. The molecule has 0 saturated carbocycles. The molecule has 1 unspecified atom stereocenters. The lowest BCUT2D eigenvalue weighted by Crippen LogP contribution is -2.29.